The second-order valence-corrected chi connectivity index (χ2v) is 4.85. The molecule has 1 aromatic heterocycles. The van der Waals surface area contributed by atoms with Gasteiger partial charge in [0.05, 0.1) is 6.20 Å². The third-order valence-corrected chi connectivity index (χ3v) is 3.15. The maximum absolute atomic E-state index is 13.6. The fourth-order valence-corrected chi connectivity index (χ4v) is 2.11. The van der Waals surface area contributed by atoms with Crippen LogP contribution in [0.5, 0.6) is 0 Å². The number of aromatic nitrogens is 1. The Kier molecular flexibility index (Phi) is 4.83. The van der Waals surface area contributed by atoms with Gasteiger partial charge in [0.1, 0.15) is 11.9 Å². The summed E-state index contributed by atoms with van der Waals surface area (Å²) >= 11 is 0. The Hall–Kier alpha value is -2.76. The van der Waals surface area contributed by atoms with Gasteiger partial charge in [0.25, 0.3) is 0 Å². The Labute approximate surface area is 126 Å². The number of aliphatic carboxylic acids is 1. The lowest BCUT2D eigenvalue weighted by Gasteiger charge is -2.13. The smallest absolute Gasteiger partial charge is 0.326 e. The Morgan fingerprint density at radius 3 is 2.50 bits per heavy atom. The van der Waals surface area contributed by atoms with Crippen LogP contribution >= 0.6 is 0 Å². The summed E-state index contributed by atoms with van der Waals surface area (Å²) in [6.07, 6.45) is 2.80. The first-order valence-electron chi connectivity index (χ1n) is 6.66. The molecule has 1 amide bonds. The number of carboxylic acids is 1. The van der Waals surface area contributed by atoms with E-state index in [0.29, 0.717) is 11.1 Å². The van der Waals surface area contributed by atoms with Crippen LogP contribution in [0.15, 0.2) is 42.7 Å². The summed E-state index contributed by atoms with van der Waals surface area (Å²) in [6.45, 7) is 1.27. The molecule has 114 valence electrons. The van der Waals surface area contributed by atoms with Gasteiger partial charge in [-0.15, -0.1) is 0 Å². The molecule has 1 atom stereocenters. The number of carboxylic acid groups (broad SMARTS) is 1. The van der Waals surface area contributed by atoms with Crippen molar-refractivity contribution >= 4 is 11.9 Å². The van der Waals surface area contributed by atoms with Crippen molar-refractivity contribution in [3.63, 3.8) is 0 Å². The fraction of sp³-hybridized carbons (Fsp3) is 0.188. The van der Waals surface area contributed by atoms with Crippen molar-refractivity contribution in [1.82, 2.24) is 10.3 Å². The van der Waals surface area contributed by atoms with Crippen molar-refractivity contribution < 1.29 is 19.1 Å². The number of halogens is 1. The summed E-state index contributed by atoms with van der Waals surface area (Å²) in [5.74, 6) is -1.92. The molecule has 0 bridgehead atoms. The topological polar surface area (TPSA) is 79.3 Å². The quantitative estimate of drug-likeness (QED) is 0.885. The molecule has 0 fully saturated rings. The Balaban J connectivity index is 2.16. The van der Waals surface area contributed by atoms with Gasteiger partial charge >= 0.3 is 5.97 Å². The Bertz CT molecular complexity index is 686. The van der Waals surface area contributed by atoms with Crippen LogP contribution < -0.4 is 5.32 Å². The predicted octanol–water partition coefficient (Wildman–Crippen LogP) is 2.02. The van der Waals surface area contributed by atoms with E-state index >= 15 is 0 Å². The monoisotopic (exact) mass is 302 g/mol. The molecule has 1 unspecified atom stereocenters. The lowest BCUT2D eigenvalue weighted by Crippen LogP contribution is -2.41. The number of nitrogens with zero attached hydrogens (tertiary/aromatic N) is 1. The Morgan fingerprint density at radius 1 is 1.27 bits per heavy atom. The van der Waals surface area contributed by atoms with E-state index in [1.807, 2.05) is 0 Å². The highest BCUT2D eigenvalue weighted by atomic mass is 19.1. The highest BCUT2D eigenvalue weighted by Gasteiger charge is 2.18. The summed E-state index contributed by atoms with van der Waals surface area (Å²) < 4.78 is 13.6. The van der Waals surface area contributed by atoms with Crippen LogP contribution in [0.2, 0.25) is 0 Å². The molecular weight excluding hydrogens is 287 g/mol. The van der Waals surface area contributed by atoms with Crippen molar-refractivity contribution in [2.45, 2.75) is 19.4 Å². The van der Waals surface area contributed by atoms with Gasteiger partial charge in [0.15, 0.2) is 0 Å². The summed E-state index contributed by atoms with van der Waals surface area (Å²) in [5, 5.41) is 11.5. The third kappa shape index (κ3) is 3.88. The predicted molar refractivity (Wildman–Crippen MR) is 78.6 cm³/mol. The van der Waals surface area contributed by atoms with Gasteiger partial charge in [-0.3, -0.25) is 9.78 Å². The molecule has 0 radical (unpaired) electrons. The second kappa shape index (κ2) is 6.80. The summed E-state index contributed by atoms with van der Waals surface area (Å²) in [6, 6.07) is 7.43. The standard InChI is InChI=1S/C16H15FN2O3/c1-10(20)19-15(16(21)22)8-11-2-4-12(5-3-11)13-6-7-18-9-14(13)17/h2-7,9,15H,8H2,1H3,(H,19,20)(H,21,22). The first kappa shape index (κ1) is 15.6. The summed E-state index contributed by atoms with van der Waals surface area (Å²) in [7, 11) is 0. The average molecular weight is 302 g/mol. The van der Waals surface area contributed by atoms with E-state index in [2.05, 4.69) is 10.3 Å². The van der Waals surface area contributed by atoms with Crippen LogP contribution in [-0.2, 0) is 16.0 Å². The van der Waals surface area contributed by atoms with Crippen molar-refractivity contribution in [2.75, 3.05) is 0 Å². The molecule has 0 aliphatic rings. The van der Waals surface area contributed by atoms with E-state index in [0.717, 1.165) is 11.8 Å². The van der Waals surface area contributed by atoms with E-state index < -0.39 is 23.7 Å². The molecule has 1 heterocycles. The highest BCUT2D eigenvalue weighted by molar-refractivity contribution is 5.82. The van der Waals surface area contributed by atoms with Gasteiger partial charge in [0, 0.05) is 25.1 Å². The van der Waals surface area contributed by atoms with Gasteiger partial charge < -0.3 is 10.4 Å². The minimum absolute atomic E-state index is 0.161. The number of nitrogens with one attached hydrogen (secondary N) is 1. The van der Waals surface area contributed by atoms with Crippen molar-refractivity contribution in [2.24, 2.45) is 0 Å². The molecule has 0 aliphatic heterocycles. The van der Waals surface area contributed by atoms with Crippen LogP contribution in [0, 0.1) is 5.82 Å². The molecule has 6 heteroatoms. The van der Waals surface area contributed by atoms with Crippen LogP contribution in [0.25, 0.3) is 11.1 Å². The van der Waals surface area contributed by atoms with Crippen molar-refractivity contribution in [3.8, 4) is 11.1 Å². The number of pyridine rings is 1. The minimum Gasteiger partial charge on any atom is -0.480 e. The van der Waals surface area contributed by atoms with Gasteiger partial charge in [0.2, 0.25) is 5.91 Å². The number of rotatable bonds is 5. The first-order chi connectivity index (χ1) is 10.5. The van der Waals surface area contributed by atoms with Crippen LogP contribution in [0.1, 0.15) is 12.5 Å². The first-order valence-corrected chi connectivity index (χ1v) is 6.66. The van der Waals surface area contributed by atoms with Gasteiger partial charge in [-0.05, 0) is 17.2 Å². The number of hydrogen-bond acceptors (Lipinski definition) is 3. The molecule has 2 aromatic rings. The number of carbonyl (C=O) groups is 2. The molecule has 0 spiro atoms. The zero-order chi connectivity index (χ0) is 16.1. The van der Waals surface area contributed by atoms with Gasteiger partial charge in [-0.1, -0.05) is 24.3 Å². The largest absolute Gasteiger partial charge is 0.480 e. The highest BCUT2D eigenvalue weighted by Crippen LogP contribution is 2.22. The maximum Gasteiger partial charge on any atom is 0.326 e. The maximum atomic E-state index is 13.6. The van der Waals surface area contributed by atoms with Gasteiger partial charge in [-0.25, -0.2) is 9.18 Å². The van der Waals surface area contributed by atoms with E-state index in [1.165, 1.54) is 13.1 Å². The molecular formula is C16H15FN2O3. The fourth-order valence-electron chi connectivity index (χ4n) is 2.11. The van der Waals surface area contributed by atoms with E-state index in [9.17, 15) is 14.0 Å². The molecule has 0 saturated carbocycles. The van der Waals surface area contributed by atoms with E-state index in [4.69, 9.17) is 5.11 Å². The lowest BCUT2D eigenvalue weighted by molar-refractivity contribution is -0.141. The number of amides is 1. The second-order valence-electron chi connectivity index (χ2n) is 4.85. The summed E-state index contributed by atoms with van der Waals surface area (Å²) in [5.41, 5.74) is 1.84. The molecule has 2 N–H and O–H groups in total. The Morgan fingerprint density at radius 2 is 1.95 bits per heavy atom. The van der Waals surface area contributed by atoms with Crippen molar-refractivity contribution in [1.29, 1.82) is 0 Å². The number of hydrogen-bond donors (Lipinski definition) is 2. The van der Waals surface area contributed by atoms with E-state index in [-0.39, 0.29) is 6.42 Å². The SMILES string of the molecule is CC(=O)NC(Cc1ccc(-c2ccncc2F)cc1)C(=O)O. The molecule has 22 heavy (non-hydrogen) atoms. The molecule has 0 aliphatic carbocycles. The van der Waals surface area contributed by atoms with Gasteiger partial charge in [-0.2, -0.15) is 0 Å². The van der Waals surface area contributed by atoms with Crippen LogP contribution in [0.3, 0.4) is 0 Å². The molecule has 1 aromatic carbocycles. The molecule has 2 rings (SSSR count). The third-order valence-electron chi connectivity index (χ3n) is 3.15. The van der Waals surface area contributed by atoms with Crippen molar-refractivity contribution in [3.05, 3.63) is 54.1 Å². The summed E-state index contributed by atoms with van der Waals surface area (Å²) in [4.78, 5) is 25.8. The minimum atomic E-state index is -1.10. The van der Waals surface area contributed by atoms with Crippen LogP contribution in [-0.4, -0.2) is 28.0 Å². The zero-order valence-corrected chi connectivity index (χ0v) is 11.9. The zero-order valence-electron chi connectivity index (χ0n) is 11.9. The van der Waals surface area contributed by atoms with E-state index in [1.54, 1.807) is 30.3 Å². The molecule has 0 saturated heterocycles. The molecule has 5 nitrogen and oxygen atoms in total. The average Bonchev–Trinajstić information content (AvgIpc) is 2.47. The number of carbonyl (C=O) groups excluding carboxylic acids is 1. The van der Waals surface area contributed by atoms with Crippen LogP contribution in [0.4, 0.5) is 4.39 Å². The lowest BCUT2D eigenvalue weighted by atomic mass is 10.0. The normalized spacial score (nSPS) is 11.7. The number of benzene rings is 1.